The van der Waals surface area contributed by atoms with Gasteiger partial charge in [-0.15, -0.1) is 0 Å². The van der Waals surface area contributed by atoms with Crippen LogP contribution >= 0.6 is 0 Å². The summed E-state index contributed by atoms with van der Waals surface area (Å²) in [7, 11) is -3.29. The first-order chi connectivity index (χ1) is 12.3. The van der Waals surface area contributed by atoms with Crippen molar-refractivity contribution < 1.29 is 4.43 Å². The van der Waals surface area contributed by atoms with Gasteiger partial charge in [0.2, 0.25) is 0 Å². The lowest BCUT2D eigenvalue weighted by molar-refractivity contribution is 0.132. The monoisotopic (exact) mass is 410 g/mol. The van der Waals surface area contributed by atoms with E-state index < -0.39 is 16.4 Å². The van der Waals surface area contributed by atoms with Gasteiger partial charge in [-0.05, 0) is 53.5 Å². The summed E-state index contributed by atoms with van der Waals surface area (Å²) in [4.78, 5) is 0. The van der Waals surface area contributed by atoms with Crippen LogP contribution < -0.4 is 0 Å². The van der Waals surface area contributed by atoms with E-state index in [9.17, 15) is 0 Å². The van der Waals surface area contributed by atoms with Crippen molar-refractivity contribution in [2.45, 2.75) is 135 Å². The maximum atomic E-state index is 7.05. The molecule has 3 heteroatoms. The van der Waals surface area contributed by atoms with E-state index in [0.717, 1.165) is 22.5 Å². The average Bonchev–Trinajstić information content (AvgIpc) is 2.52. The molecule has 0 aromatic heterocycles. The highest BCUT2D eigenvalue weighted by Gasteiger charge is 2.43. The molecule has 1 unspecified atom stereocenters. The molecule has 0 radical (unpaired) electrons. The molecule has 1 saturated carbocycles. The van der Waals surface area contributed by atoms with Crippen molar-refractivity contribution in [2.75, 3.05) is 0 Å². The van der Waals surface area contributed by atoms with Gasteiger partial charge in [0.1, 0.15) is 0 Å². The van der Waals surface area contributed by atoms with Crippen LogP contribution in [0.5, 0.6) is 0 Å². The molecule has 27 heavy (non-hydrogen) atoms. The van der Waals surface area contributed by atoms with Crippen molar-refractivity contribution in [1.29, 1.82) is 0 Å². The van der Waals surface area contributed by atoms with E-state index in [4.69, 9.17) is 4.43 Å². The van der Waals surface area contributed by atoms with E-state index in [0.29, 0.717) is 6.10 Å². The Kier molecular flexibility index (Phi) is 9.10. The third-order valence-electron chi connectivity index (χ3n) is 7.93. The van der Waals surface area contributed by atoms with Gasteiger partial charge in [0.25, 0.3) is 0 Å². The van der Waals surface area contributed by atoms with Crippen LogP contribution in [0.3, 0.4) is 0 Å². The van der Waals surface area contributed by atoms with Crippen LogP contribution in [-0.4, -0.2) is 22.5 Å². The average molecular weight is 411 g/mol. The molecule has 160 valence electrons. The zero-order chi connectivity index (χ0) is 21.0. The minimum atomic E-state index is -1.77. The number of hydrogen-bond donors (Lipinski definition) is 0. The molecule has 0 N–H and O–H groups in total. The van der Waals surface area contributed by atoms with Crippen molar-refractivity contribution in [2.24, 2.45) is 5.92 Å². The molecular formula is C24H50OSi2. The Bertz CT molecular complexity index is 443. The molecule has 0 bridgehead atoms. The standard InChI is InChI=1S/C24H50OSi2/c1-19(2)27(20(3)4,21(5)6)18-17-23(22-15-13-12-14-16-22)25-26(10,11)24(7,8)9/h17-23H,12-16H2,1-11H3/b18-17+. The minimum Gasteiger partial charge on any atom is -0.410 e. The molecule has 0 aromatic rings. The fourth-order valence-electron chi connectivity index (χ4n) is 5.11. The fourth-order valence-corrected chi connectivity index (χ4v) is 12.1. The Hall–Kier alpha value is 0.134. The van der Waals surface area contributed by atoms with Crippen LogP contribution in [0.4, 0.5) is 0 Å². The molecule has 0 amide bonds. The van der Waals surface area contributed by atoms with Crippen LogP contribution in [0.25, 0.3) is 0 Å². The largest absolute Gasteiger partial charge is 0.410 e. The van der Waals surface area contributed by atoms with Gasteiger partial charge in [-0.3, -0.25) is 0 Å². The normalized spacial score (nSPS) is 19.6. The third kappa shape index (κ3) is 6.06. The first-order valence-corrected chi connectivity index (χ1v) is 16.8. The Balaban J connectivity index is 3.23. The van der Waals surface area contributed by atoms with Crippen molar-refractivity contribution in [3.8, 4) is 0 Å². The van der Waals surface area contributed by atoms with Gasteiger partial charge in [-0.2, -0.15) is 0 Å². The summed E-state index contributed by atoms with van der Waals surface area (Å²) in [6, 6.07) is 0. The highest BCUT2D eigenvalue weighted by Crippen LogP contribution is 2.44. The molecule has 1 nitrogen and oxygen atoms in total. The maximum absolute atomic E-state index is 7.05. The lowest BCUT2D eigenvalue weighted by atomic mass is 9.85. The molecule has 1 fully saturated rings. The minimum absolute atomic E-state index is 0.274. The van der Waals surface area contributed by atoms with Gasteiger partial charge in [-0.1, -0.05) is 93.4 Å². The van der Waals surface area contributed by atoms with Crippen molar-refractivity contribution in [1.82, 2.24) is 0 Å². The topological polar surface area (TPSA) is 9.23 Å². The molecular weight excluding hydrogens is 360 g/mol. The predicted molar refractivity (Wildman–Crippen MR) is 129 cm³/mol. The second-order valence-electron chi connectivity index (χ2n) is 11.6. The van der Waals surface area contributed by atoms with Crippen molar-refractivity contribution in [3.05, 3.63) is 11.8 Å². The van der Waals surface area contributed by atoms with Gasteiger partial charge in [0.05, 0.1) is 14.2 Å². The first-order valence-electron chi connectivity index (χ1n) is 11.6. The summed E-state index contributed by atoms with van der Waals surface area (Å²) >= 11 is 0. The smallest absolute Gasteiger partial charge is 0.192 e. The molecule has 0 saturated heterocycles. The molecule has 1 aliphatic rings. The predicted octanol–water partition coefficient (Wildman–Crippen LogP) is 8.73. The van der Waals surface area contributed by atoms with Gasteiger partial charge >= 0.3 is 0 Å². The Morgan fingerprint density at radius 3 is 1.63 bits per heavy atom. The second kappa shape index (κ2) is 9.76. The van der Waals surface area contributed by atoms with Gasteiger partial charge < -0.3 is 4.43 Å². The molecule has 0 spiro atoms. The van der Waals surface area contributed by atoms with Crippen molar-refractivity contribution >= 4 is 16.4 Å². The molecule has 0 aliphatic heterocycles. The molecule has 0 heterocycles. The highest BCUT2D eigenvalue weighted by atomic mass is 28.4. The van der Waals surface area contributed by atoms with Gasteiger partial charge in [-0.25, -0.2) is 0 Å². The van der Waals surface area contributed by atoms with E-state index in [1.54, 1.807) is 0 Å². The zero-order valence-corrected chi connectivity index (χ0v) is 22.5. The second-order valence-corrected chi connectivity index (χ2v) is 22.1. The zero-order valence-electron chi connectivity index (χ0n) is 20.5. The summed E-state index contributed by atoms with van der Waals surface area (Å²) in [6.07, 6.45) is 9.79. The Morgan fingerprint density at radius 1 is 0.815 bits per heavy atom. The highest BCUT2D eigenvalue weighted by molar-refractivity contribution is 6.88. The van der Waals surface area contributed by atoms with E-state index in [2.05, 4.69) is 87.2 Å². The number of hydrogen-bond acceptors (Lipinski definition) is 1. The summed E-state index contributed by atoms with van der Waals surface area (Å²) in [5.41, 5.74) is 5.04. The lowest BCUT2D eigenvalue weighted by Crippen LogP contribution is -2.46. The molecule has 0 aromatic carbocycles. The Labute approximate surface area is 173 Å². The molecule has 1 aliphatic carbocycles. The fraction of sp³-hybridized carbons (Fsp3) is 0.917. The van der Waals surface area contributed by atoms with E-state index in [1.807, 2.05) is 0 Å². The molecule has 1 rings (SSSR count). The van der Waals surface area contributed by atoms with Gasteiger partial charge in [0.15, 0.2) is 8.32 Å². The van der Waals surface area contributed by atoms with Crippen LogP contribution in [0.2, 0.25) is 34.8 Å². The summed E-state index contributed by atoms with van der Waals surface area (Å²) < 4.78 is 7.05. The van der Waals surface area contributed by atoms with E-state index >= 15 is 0 Å². The lowest BCUT2D eigenvalue weighted by Gasteiger charge is -2.43. The molecule has 1 atom stereocenters. The van der Waals surface area contributed by atoms with Crippen molar-refractivity contribution in [3.63, 3.8) is 0 Å². The summed E-state index contributed by atoms with van der Waals surface area (Å²) in [5, 5.41) is 0.274. The third-order valence-corrected chi connectivity index (χ3v) is 19.2. The maximum Gasteiger partial charge on any atom is 0.192 e. The van der Waals surface area contributed by atoms with Crippen LogP contribution in [0.1, 0.15) is 94.4 Å². The van der Waals surface area contributed by atoms with Crippen LogP contribution in [-0.2, 0) is 4.43 Å². The number of rotatable bonds is 8. The SMILES string of the molecule is CC(C)[Si](/C=C/C(O[Si](C)(C)C(C)(C)C)C1CCCCC1)(C(C)C)C(C)C. The van der Waals surface area contributed by atoms with E-state index in [-0.39, 0.29) is 5.04 Å². The van der Waals surface area contributed by atoms with Gasteiger partial charge in [0, 0.05) is 0 Å². The summed E-state index contributed by atoms with van der Waals surface area (Å²) in [5.74, 6) is 0.724. The van der Waals surface area contributed by atoms with Crippen LogP contribution in [0.15, 0.2) is 11.8 Å². The summed E-state index contributed by atoms with van der Waals surface area (Å²) in [6.45, 7) is 26.7. The van der Waals surface area contributed by atoms with Crippen LogP contribution in [0, 0.1) is 5.92 Å². The first kappa shape index (κ1) is 25.2. The van der Waals surface area contributed by atoms with E-state index in [1.165, 1.54) is 32.1 Å². The quantitative estimate of drug-likeness (QED) is 0.363. The Morgan fingerprint density at radius 2 is 1.26 bits per heavy atom.